The Morgan fingerprint density at radius 1 is 1.00 bits per heavy atom. The molecule has 3 unspecified atom stereocenters. The summed E-state index contributed by atoms with van der Waals surface area (Å²) in [5.41, 5.74) is 0. The van der Waals surface area contributed by atoms with E-state index >= 15 is 0 Å². The summed E-state index contributed by atoms with van der Waals surface area (Å²) in [5, 5.41) is 0. The molecule has 1 saturated heterocycles. The molecule has 3 atom stereocenters. The van der Waals surface area contributed by atoms with E-state index in [0.29, 0.717) is 43.9 Å². The van der Waals surface area contributed by atoms with Crippen LogP contribution in [0.4, 0.5) is 0 Å². The molecule has 1 heterocycles. The fraction of sp³-hybridized carbons (Fsp3) is 0.750. The van der Waals surface area contributed by atoms with Gasteiger partial charge in [0.1, 0.15) is 0 Å². The normalized spacial score (nSPS) is 32.2. The molecule has 3 rings (SSSR count). The van der Waals surface area contributed by atoms with Crippen LogP contribution in [-0.2, 0) is 9.59 Å². The van der Waals surface area contributed by atoms with Crippen LogP contribution in [0.25, 0.3) is 0 Å². The van der Waals surface area contributed by atoms with Gasteiger partial charge in [-0.25, -0.2) is 0 Å². The summed E-state index contributed by atoms with van der Waals surface area (Å²) >= 11 is 0. The van der Waals surface area contributed by atoms with E-state index in [1.807, 2.05) is 23.6 Å². The first-order valence-corrected chi connectivity index (χ1v) is 7.82. The lowest BCUT2D eigenvalue weighted by molar-refractivity contribution is -0.144. The van der Waals surface area contributed by atoms with E-state index in [0.717, 1.165) is 6.42 Å². The van der Waals surface area contributed by atoms with Crippen molar-refractivity contribution in [3.8, 4) is 0 Å². The lowest BCUT2D eigenvalue weighted by Gasteiger charge is -2.37. The molecule has 2 amide bonds. The number of allylic oxidation sites excluding steroid dienone is 2. The van der Waals surface area contributed by atoms with Crippen molar-refractivity contribution in [1.29, 1.82) is 0 Å². The summed E-state index contributed by atoms with van der Waals surface area (Å²) in [4.78, 5) is 28.4. The number of carbonyl (C=O) groups excluding carboxylic acids is 2. The first kappa shape index (κ1) is 13.7. The van der Waals surface area contributed by atoms with Gasteiger partial charge in [-0.2, -0.15) is 0 Å². The van der Waals surface area contributed by atoms with E-state index in [1.165, 1.54) is 6.42 Å². The van der Waals surface area contributed by atoms with E-state index in [9.17, 15) is 9.59 Å². The number of hydrogen-bond donors (Lipinski definition) is 0. The van der Waals surface area contributed by atoms with Gasteiger partial charge in [0.15, 0.2) is 0 Å². The molecule has 2 fully saturated rings. The van der Waals surface area contributed by atoms with Crippen LogP contribution >= 0.6 is 0 Å². The standard InChI is InChI=1S/C16H24N2O2/c1-11(2)15(19)17-5-7-18(8-6-17)16(20)14-10-12-3-4-13(14)9-12/h3-4,11-14H,5-10H2,1-2H3. The number of fused-ring (bicyclic) bond motifs is 2. The Balaban J connectivity index is 1.55. The molecule has 0 spiro atoms. The Kier molecular flexibility index (Phi) is 3.57. The molecule has 4 heteroatoms. The second-order valence-electron chi connectivity index (χ2n) is 6.69. The van der Waals surface area contributed by atoms with Crippen molar-refractivity contribution in [2.45, 2.75) is 26.7 Å². The smallest absolute Gasteiger partial charge is 0.226 e. The molecule has 2 bridgehead atoms. The summed E-state index contributed by atoms with van der Waals surface area (Å²) < 4.78 is 0. The lowest BCUT2D eigenvalue weighted by Crippen LogP contribution is -2.53. The quantitative estimate of drug-likeness (QED) is 0.718. The van der Waals surface area contributed by atoms with Crippen molar-refractivity contribution in [3.63, 3.8) is 0 Å². The molecular weight excluding hydrogens is 252 g/mol. The highest BCUT2D eigenvalue weighted by molar-refractivity contribution is 5.81. The van der Waals surface area contributed by atoms with Crippen LogP contribution in [0.2, 0.25) is 0 Å². The first-order chi connectivity index (χ1) is 9.56. The summed E-state index contributed by atoms with van der Waals surface area (Å²) in [5.74, 6) is 1.89. The van der Waals surface area contributed by atoms with Crippen molar-refractivity contribution in [1.82, 2.24) is 9.80 Å². The Morgan fingerprint density at radius 2 is 1.65 bits per heavy atom. The van der Waals surface area contributed by atoms with Crippen LogP contribution in [0, 0.1) is 23.7 Å². The molecule has 110 valence electrons. The number of hydrogen-bond acceptors (Lipinski definition) is 2. The van der Waals surface area contributed by atoms with Gasteiger partial charge in [-0.15, -0.1) is 0 Å². The molecule has 4 nitrogen and oxygen atoms in total. The number of carbonyl (C=O) groups is 2. The van der Waals surface area contributed by atoms with Crippen LogP contribution in [0.5, 0.6) is 0 Å². The van der Waals surface area contributed by atoms with Gasteiger partial charge in [0, 0.05) is 38.0 Å². The Bertz CT molecular complexity index is 436. The third kappa shape index (κ3) is 2.36. The highest BCUT2D eigenvalue weighted by atomic mass is 16.2. The third-order valence-electron chi connectivity index (χ3n) is 4.99. The summed E-state index contributed by atoms with van der Waals surface area (Å²) in [6.45, 7) is 6.66. The molecule has 0 N–H and O–H groups in total. The molecular formula is C16H24N2O2. The largest absolute Gasteiger partial charge is 0.339 e. The van der Waals surface area contributed by atoms with Gasteiger partial charge in [-0.1, -0.05) is 26.0 Å². The van der Waals surface area contributed by atoms with Gasteiger partial charge in [-0.3, -0.25) is 9.59 Å². The van der Waals surface area contributed by atoms with E-state index in [2.05, 4.69) is 12.2 Å². The lowest BCUT2D eigenvalue weighted by atomic mass is 9.92. The van der Waals surface area contributed by atoms with Gasteiger partial charge >= 0.3 is 0 Å². The molecule has 1 aliphatic heterocycles. The number of amides is 2. The van der Waals surface area contributed by atoms with Crippen molar-refractivity contribution in [2.24, 2.45) is 23.7 Å². The summed E-state index contributed by atoms with van der Waals surface area (Å²) in [6, 6.07) is 0. The molecule has 0 aromatic heterocycles. The molecule has 20 heavy (non-hydrogen) atoms. The SMILES string of the molecule is CC(C)C(=O)N1CCN(C(=O)C2CC3C=CC2C3)CC1. The van der Waals surface area contributed by atoms with E-state index in [-0.39, 0.29) is 17.7 Å². The Labute approximate surface area is 120 Å². The summed E-state index contributed by atoms with van der Waals surface area (Å²) in [6.07, 6.45) is 6.70. The van der Waals surface area contributed by atoms with Gasteiger partial charge in [0.25, 0.3) is 0 Å². The average molecular weight is 276 g/mol. The third-order valence-corrected chi connectivity index (χ3v) is 4.99. The number of piperazine rings is 1. The topological polar surface area (TPSA) is 40.6 Å². The number of nitrogens with zero attached hydrogens (tertiary/aromatic N) is 2. The van der Waals surface area contributed by atoms with Crippen LogP contribution in [0.1, 0.15) is 26.7 Å². The summed E-state index contributed by atoms with van der Waals surface area (Å²) in [7, 11) is 0. The Morgan fingerprint density at radius 3 is 2.15 bits per heavy atom. The monoisotopic (exact) mass is 276 g/mol. The Hall–Kier alpha value is -1.32. The van der Waals surface area contributed by atoms with Crippen LogP contribution in [0.3, 0.4) is 0 Å². The minimum Gasteiger partial charge on any atom is -0.339 e. The highest BCUT2D eigenvalue weighted by Crippen LogP contribution is 2.44. The molecule has 0 aromatic carbocycles. The highest BCUT2D eigenvalue weighted by Gasteiger charge is 2.42. The van der Waals surface area contributed by atoms with Gasteiger partial charge in [0.2, 0.25) is 11.8 Å². The molecule has 2 aliphatic carbocycles. The maximum absolute atomic E-state index is 12.6. The van der Waals surface area contributed by atoms with Gasteiger partial charge in [-0.05, 0) is 24.7 Å². The zero-order valence-electron chi connectivity index (χ0n) is 12.4. The first-order valence-electron chi connectivity index (χ1n) is 7.82. The van der Waals surface area contributed by atoms with E-state index in [4.69, 9.17) is 0 Å². The van der Waals surface area contributed by atoms with Crippen molar-refractivity contribution < 1.29 is 9.59 Å². The van der Waals surface area contributed by atoms with Crippen molar-refractivity contribution >= 4 is 11.8 Å². The number of rotatable bonds is 2. The molecule has 1 saturated carbocycles. The fourth-order valence-corrected chi connectivity index (χ4v) is 3.81. The van der Waals surface area contributed by atoms with E-state index in [1.54, 1.807) is 0 Å². The van der Waals surface area contributed by atoms with Crippen LogP contribution in [-0.4, -0.2) is 47.8 Å². The zero-order valence-corrected chi connectivity index (χ0v) is 12.4. The van der Waals surface area contributed by atoms with Gasteiger partial charge in [0.05, 0.1) is 0 Å². The molecule has 3 aliphatic rings. The maximum Gasteiger partial charge on any atom is 0.226 e. The average Bonchev–Trinajstić information content (AvgIpc) is 3.08. The predicted octanol–water partition coefficient (Wildman–Crippen LogP) is 1.53. The van der Waals surface area contributed by atoms with Crippen molar-refractivity contribution in [2.75, 3.05) is 26.2 Å². The van der Waals surface area contributed by atoms with Crippen LogP contribution in [0.15, 0.2) is 12.2 Å². The fourth-order valence-electron chi connectivity index (χ4n) is 3.81. The van der Waals surface area contributed by atoms with Gasteiger partial charge < -0.3 is 9.80 Å². The maximum atomic E-state index is 12.6. The second-order valence-corrected chi connectivity index (χ2v) is 6.69. The van der Waals surface area contributed by atoms with Crippen LogP contribution < -0.4 is 0 Å². The zero-order chi connectivity index (χ0) is 14.3. The molecule has 0 radical (unpaired) electrons. The minimum atomic E-state index is 0.0490. The second kappa shape index (κ2) is 5.23. The molecule has 0 aromatic rings. The predicted molar refractivity (Wildman–Crippen MR) is 76.8 cm³/mol. The van der Waals surface area contributed by atoms with Crippen molar-refractivity contribution in [3.05, 3.63) is 12.2 Å². The minimum absolute atomic E-state index is 0.0490. The van der Waals surface area contributed by atoms with E-state index < -0.39 is 0 Å².